The average Bonchev–Trinajstić information content (AvgIpc) is 3.26. The fourth-order valence-corrected chi connectivity index (χ4v) is 2.93. The first-order chi connectivity index (χ1) is 12.0. The van der Waals surface area contributed by atoms with E-state index in [2.05, 4.69) is 15.6 Å². The monoisotopic (exact) mass is 340 g/mol. The molecule has 1 aliphatic carbocycles. The van der Waals surface area contributed by atoms with E-state index in [0.717, 1.165) is 25.7 Å². The van der Waals surface area contributed by atoms with Crippen LogP contribution < -0.4 is 10.6 Å². The predicted molar refractivity (Wildman–Crippen MR) is 92.1 cm³/mol. The Bertz CT molecular complexity index is 789. The van der Waals surface area contributed by atoms with E-state index in [1.54, 1.807) is 48.3 Å². The molecule has 2 aromatic rings. The zero-order valence-corrected chi connectivity index (χ0v) is 14.0. The number of rotatable bonds is 4. The fraction of sp³-hybridized carbons (Fsp3) is 0.333. The first kappa shape index (κ1) is 16.9. The summed E-state index contributed by atoms with van der Waals surface area (Å²) in [6.45, 7) is 0. The fourth-order valence-electron chi connectivity index (χ4n) is 2.93. The maximum absolute atomic E-state index is 12.3. The molecule has 0 aliphatic heterocycles. The topological polar surface area (TPSA) is 93.1 Å². The summed E-state index contributed by atoms with van der Waals surface area (Å²) < 4.78 is 1.64. The van der Waals surface area contributed by atoms with Gasteiger partial charge in [0.15, 0.2) is 5.82 Å². The number of carbonyl (C=O) groups is 3. The highest BCUT2D eigenvalue weighted by molar-refractivity contribution is 6.39. The maximum Gasteiger partial charge on any atom is 0.313 e. The van der Waals surface area contributed by atoms with Crippen molar-refractivity contribution in [3.8, 4) is 0 Å². The first-order valence-electron chi connectivity index (χ1n) is 8.28. The molecule has 1 aliphatic rings. The third kappa shape index (κ3) is 3.93. The van der Waals surface area contributed by atoms with Crippen molar-refractivity contribution >= 4 is 23.3 Å². The molecule has 0 unspecified atom stereocenters. The molecule has 0 spiro atoms. The Morgan fingerprint density at radius 3 is 2.36 bits per heavy atom. The van der Waals surface area contributed by atoms with Crippen LogP contribution in [0.25, 0.3) is 0 Å². The van der Waals surface area contributed by atoms with Crippen LogP contribution in [0.15, 0.2) is 36.7 Å². The van der Waals surface area contributed by atoms with Gasteiger partial charge in [0.2, 0.25) is 5.78 Å². The Balaban J connectivity index is 1.60. The summed E-state index contributed by atoms with van der Waals surface area (Å²) in [7, 11) is 1.75. The van der Waals surface area contributed by atoms with Gasteiger partial charge in [0, 0.05) is 36.7 Å². The van der Waals surface area contributed by atoms with Crippen LogP contribution in [0.2, 0.25) is 0 Å². The first-order valence-corrected chi connectivity index (χ1v) is 8.28. The summed E-state index contributed by atoms with van der Waals surface area (Å²) in [5, 5.41) is 5.28. The van der Waals surface area contributed by atoms with Gasteiger partial charge in [-0.05, 0) is 37.1 Å². The number of nitrogens with zero attached hydrogens (tertiary/aromatic N) is 2. The van der Waals surface area contributed by atoms with E-state index in [-0.39, 0.29) is 11.8 Å². The van der Waals surface area contributed by atoms with Crippen LogP contribution in [0, 0.1) is 0 Å². The van der Waals surface area contributed by atoms with Crippen molar-refractivity contribution in [1.29, 1.82) is 0 Å². The normalized spacial score (nSPS) is 14.3. The van der Waals surface area contributed by atoms with E-state index in [1.807, 2.05) is 0 Å². The molecule has 1 saturated carbocycles. The minimum absolute atomic E-state index is 0.0935. The van der Waals surface area contributed by atoms with E-state index in [1.165, 1.54) is 0 Å². The minimum atomic E-state index is -0.699. The van der Waals surface area contributed by atoms with Gasteiger partial charge in [-0.15, -0.1) is 0 Å². The summed E-state index contributed by atoms with van der Waals surface area (Å²) in [6, 6.07) is 6.48. The van der Waals surface area contributed by atoms with Crippen LogP contribution >= 0.6 is 0 Å². The SMILES string of the molecule is Cn1ccnc1C(=O)c1ccc(NC(=O)C(=O)NC2CCCC2)cc1. The van der Waals surface area contributed by atoms with Crippen molar-refractivity contribution in [3.05, 3.63) is 48.0 Å². The minimum Gasteiger partial charge on any atom is -0.345 e. The summed E-state index contributed by atoms with van der Waals surface area (Å²) in [5.41, 5.74) is 0.922. The standard InChI is InChI=1S/C18H20N4O3/c1-22-11-10-19-16(22)15(23)12-6-8-14(9-7-12)21-18(25)17(24)20-13-4-2-3-5-13/h6-11,13H,2-5H2,1H3,(H,20,24)(H,21,25). The van der Waals surface area contributed by atoms with Gasteiger partial charge in [0.1, 0.15) is 0 Å². The molecule has 2 amide bonds. The van der Waals surface area contributed by atoms with Crippen LogP contribution in [0.4, 0.5) is 5.69 Å². The Labute approximate surface area is 145 Å². The highest BCUT2D eigenvalue weighted by Gasteiger charge is 2.21. The number of hydrogen-bond donors (Lipinski definition) is 2. The Morgan fingerprint density at radius 1 is 1.08 bits per heavy atom. The number of aryl methyl sites for hydroxylation is 1. The molecule has 7 nitrogen and oxygen atoms in total. The lowest BCUT2D eigenvalue weighted by atomic mass is 10.1. The number of carbonyl (C=O) groups excluding carboxylic acids is 3. The van der Waals surface area contributed by atoms with Crippen molar-refractivity contribution in [1.82, 2.24) is 14.9 Å². The highest BCUT2D eigenvalue weighted by Crippen LogP contribution is 2.17. The zero-order chi connectivity index (χ0) is 17.8. The second kappa shape index (κ2) is 7.29. The molecule has 0 saturated heterocycles. The van der Waals surface area contributed by atoms with E-state index < -0.39 is 11.8 Å². The second-order valence-electron chi connectivity index (χ2n) is 6.18. The Morgan fingerprint density at radius 2 is 1.76 bits per heavy atom. The number of imidazole rings is 1. The number of hydrogen-bond acceptors (Lipinski definition) is 4. The Kier molecular flexibility index (Phi) is 4.92. The third-order valence-corrected chi connectivity index (χ3v) is 4.33. The van der Waals surface area contributed by atoms with Gasteiger partial charge in [0.05, 0.1) is 0 Å². The van der Waals surface area contributed by atoms with E-state index in [4.69, 9.17) is 0 Å². The van der Waals surface area contributed by atoms with Gasteiger partial charge in [-0.2, -0.15) is 0 Å². The van der Waals surface area contributed by atoms with Crippen LogP contribution in [0.1, 0.15) is 41.9 Å². The van der Waals surface area contributed by atoms with E-state index >= 15 is 0 Å². The molecule has 1 aromatic heterocycles. The van der Waals surface area contributed by atoms with Crippen molar-refractivity contribution < 1.29 is 14.4 Å². The molecule has 1 aromatic carbocycles. The summed E-state index contributed by atoms with van der Waals surface area (Å²) in [6.07, 6.45) is 7.26. The molecule has 25 heavy (non-hydrogen) atoms. The lowest BCUT2D eigenvalue weighted by Crippen LogP contribution is -2.40. The number of benzene rings is 1. The van der Waals surface area contributed by atoms with Gasteiger partial charge in [-0.25, -0.2) is 4.98 Å². The van der Waals surface area contributed by atoms with Crippen molar-refractivity contribution in [2.75, 3.05) is 5.32 Å². The number of aromatic nitrogens is 2. The van der Waals surface area contributed by atoms with Gasteiger partial charge in [0.25, 0.3) is 0 Å². The maximum atomic E-state index is 12.3. The van der Waals surface area contributed by atoms with Crippen molar-refractivity contribution in [2.24, 2.45) is 7.05 Å². The van der Waals surface area contributed by atoms with Crippen LogP contribution in [0.5, 0.6) is 0 Å². The quantitative estimate of drug-likeness (QED) is 0.654. The van der Waals surface area contributed by atoms with Crippen molar-refractivity contribution in [2.45, 2.75) is 31.7 Å². The molecular formula is C18H20N4O3. The lowest BCUT2D eigenvalue weighted by molar-refractivity contribution is -0.136. The predicted octanol–water partition coefficient (Wildman–Crippen LogP) is 1.65. The molecule has 0 radical (unpaired) electrons. The summed E-state index contributed by atoms with van der Waals surface area (Å²) >= 11 is 0. The third-order valence-electron chi connectivity index (χ3n) is 4.33. The molecular weight excluding hydrogens is 320 g/mol. The number of anilines is 1. The van der Waals surface area contributed by atoms with Gasteiger partial charge < -0.3 is 15.2 Å². The summed E-state index contributed by atoms with van der Waals surface area (Å²) in [5.74, 6) is -1.19. The van der Waals surface area contributed by atoms with Gasteiger partial charge in [-0.1, -0.05) is 12.8 Å². The van der Waals surface area contributed by atoms with Crippen LogP contribution in [-0.2, 0) is 16.6 Å². The number of ketones is 1. The molecule has 2 N–H and O–H groups in total. The zero-order valence-electron chi connectivity index (χ0n) is 14.0. The van der Waals surface area contributed by atoms with Gasteiger partial charge >= 0.3 is 11.8 Å². The molecule has 0 bridgehead atoms. The molecule has 3 rings (SSSR count). The number of amides is 2. The van der Waals surface area contributed by atoms with Crippen molar-refractivity contribution in [3.63, 3.8) is 0 Å². The molecule has 0 atom stereocenters. The van der Waals surface area contributed by atoms with Crippen LogP contribution in [0.3, 0.4) is 0 Å². The van der Waals surface area contributed by atoms with E-state index in [0.29, 0.717) is 17.1 Å². The highest BCUT2D eigenvalue weighted by atomic mass is 16.2. The van der Waals surface area contributed by atoms with Crippen LogP contribution in [-0.4, -0.2) is 33.2 Å². The molecule has 130 valence electrons. The smallest absolute Gasteiger partial charge is 0.313 e. The largest absolute Gasteiger partial charge is 0.345 e. The van der Waals surface area contributed by atoms with E-state index in [9.17, 15) is 14.4 Å². The molecule has 7 heteroatoms. The number of nitrogens with one attached hydrogen (secondary N) is 2. The Hall–Kier alpha value is -2.96. The lowest BCUT2D eigenvalue weighted by Gasteiger charge is -2.11. The average molecular weight is 340 g/mol. The summed E-state index contributed by atoms with van der Waals surface area (Å²) in [4.78, 5) is 40.2. The molecule has 1 heterocycles. The molecule has 1 fully saturated rings. The second-order valence-corrected chi connectivity index (χ2v) is 6.18. The van der Waals surface area contributed by atoms with Gasteiger partial charge in [-0.3, -0.25) is 14.4 Å².